The third-order valence-corrected chi connectivity index (χ3v) is 4.05. The Hall–Kier alpha value is -1.88. The lowest BCUT2D eigenvalue weighted by atomic mass is 9.86. The van der Waals surface area contributed by atoms with Crippen LogP contribution in [0.2, 0.25) is 0 Å². The van der Waals surface area contributed by atoms with Gasteiger partial charge in [0, 0.05) is 12.2 Å². The van der Waals surface area contributed by atoms with Crippen LogP contribution in [0.3, 0.4) is 0 Å². The molecule has 1 aliphatic carbocycles. The monoisotopic (exact) mass is 288 g/mol. The Morgan fingerprint density at radius 2 is 2.24 bits per heavy atom. The predicted octanol–water partition coefficient (Wildman–Crippen LogP) is 2.17. The minimum Gasteiger partial charge on any atom is -0.540 e. The molecule has 0 saturated heterocycles. The summed E-state index contributed by atoms with van der Waals surface area (Å²) in [6.07, 6.45) is 4.10. The quantitative estimate of drug-likeness (QED) is 0.861. The fraction of sp³-hybridized carbons (Fsp3) is 0.500. The van der Waals surface area contributed by atoms with E-state index in [-0.39, 0.29) is 12.0 Å². The lowest BCUT2D eigenvalue weighted by Crippen LogP contribution is -2.22. The summed E-state index contributed by atoms with van der Waals surface area (Å²) in [4.78, 5) is 15.1. The van der Waals surface area contributed by atoms with E-state index < -0.39 is 5.97 Å². The number of aromatic nitrogens is 1. The number of ether oxygens (including phenoxy) is 1. The number of aryl methyl sites for hydroxylation is 1. The SMILES string of the molecule is CCOC(C)c1c2c(cc3oc(C(=O)[O-])nc13)CCCC2. The molecule has 0 spiro atoms. The van der Waals surface area contributed by atoms with Crippen molar-refractivity contribution in [2.75, 3.05) is 6.61 Å². The summed E-state index contributed by atoms with van der Waals surface area (Å²) in [7, 11) is 0. The van der Waals surface area contributed by atoms with Crippen molar-refractivity contribution in [1.29, 1.82) is 0 Å². The zero-order chi connectivity index (χ0) is 15.0. The van der Waals surface area contributed by atoms with Crippen LogP contribution < -0.4 is 5.11 Å². The molecule has 21 heavy (non-hydrogen) atoms. The van der Waals surface area contributed by atoms with Crippen LogP contribution in [0.15, 0.2) is 10.5 Å². The van der Waals surface area contributed by atoms with Crippen molar-refractivity contribution in [3.8, 4) is 0 Å². The molecule has 3 rings (SSSR count). The van der Waals surface area contributed by atoms with Crippen LogP contribution in [0.25, 0.3) is 11.1 Å². The summed E-state index contributed by atoms with van der Waals surface area (Å²) in [6.45, 7) is 4.51. The number of rotatable bonds is 4. The van der Waals surface area contributed by atoms with E-state index >= 15 is 0 Å². The van der Waals surface area contributed by atoms with Gasteiger partial charge in [0.25, 0.3) is 0 Å². The average Bonchev–Trinajstić information content (AvgIpc) is 2.88. The molecular weight excluding hydrogens is 270 g/mol. The highest BCUT2D eigenvalue weighted by Gasteiger charge is 2.24. The molecule has 1 atom stereocenters. The molecule has 1 heterocycles. The number of hydrogen-bond donors (Lipinski definition) is 0. The first-order valence-electron chi connectivity index (χ1n) is 7.40. The summed E-state index contributed by atoms with van der Waals surface area (Å²) in [5.41, 5.74) is 4.54. The second kappa shape index (κ2) is 5.48. The Bertz CT molecular complexity index is 689. The Labute approximate surface area is 122 Å². The smallest absolute Gasteiger partial charge is 0.243 e. The van der Waals surface area contributed by atoms with Crippen LogP contribution in [0.5, 0.6) is 0 Å². The first-order chi connectivity index (χ1) is 10.1. The molecule has 112 valence electrons. The number of oxazole rings is 1. The highest BCUT2D eigenvalue weighted by atomic mass is 16.5. The van der Waals surface area contributed by atoms with E-state index in [1.54, 1.807) is 0 Å². The van der Waals surface area contributed by atoms with Crippen LogP contribution in [-0.4, -0.2) is 17.6 Å². The van der Waals surface area contributed by atoms with Gasteiger partial charge in [-0.25, -0.2) is 4.98 Å². The Morgan fingerprint density at radius 3 is 2.95 bits per heavy atom. The average molecular weight is 288 g/mol. The van der Waals surface area contributed by atoms with Gasteiger partial charge in [-0.1, -0.05) is 0 Å². The lowest BCUT2D eigenvalue weighted by Gasteiger charge is -2.23. The van der Waals surface area contributed by atoms with E-state index in [0.717, 1.165) is 31.2 Å². The normalized spacial score (nSPS) is 15.9. The third-order valence-electron chi connectivity index (χ3n) is 4.05. The van der Waals surface area contributed by atoms with Gasteiger partial charge in [-0.2, -0.15) is 0 Å². The Balaban J connectivity index is 2.25. The number of carboxylic acid groups (broad SMARTS) is 1. The first kappa shape index (κ1) is 14.1. The standard InChI is InChI=1S/C16H19NO4/c1-3-20-9(2)13-11-7-5-4-6-10(11)8-12-14(13)17-15(21-12)16(18)19/h8-9H,3-7H2,1-2H3,(H,18,19)/p-1. The zero-order valence-electron chi connectivity index (χ0n) is 12.3. The van der Waals surface area contributed by atoms with E-state index in [0.29, 0.717) is 17.7 Å². The molecule has 1 aromatic carbocycles. The predicted molar refractivity (Wildman–Crippen MR) is 75.0 cm³/mol. The van der Waals surface area contributed by atoms with E-state index in [1.807, 2.05) is 19.9 Å². The molecule has 0 N–H and O–H groups in total. The van der Waals surface area contributed by atoms with Gasteiger partial charge in [-0.15, -0.1) is 0 Å². The molecule has 1 unspecified atom stereocenters. The van der Waals surface area contributed by atoms with Crippen LogP contribution in [0.4, 0.5) is 0 Å². The number of hydrogen-bond acceptors (Lipinski definition) is 5. The molecule has 0 aliphatic heterocycles. The van der Waals surface area contributed by atoms with Crippen molar-refractivity contribution < 1.29 is 19.1 Å². The molecule has 5 nitrogen and oxygen atoms in total. The van der Waals surface area contributed by atoms with Gasteiger partial charge in [0.05, 0.1) is 6.10 Å². The summed E-state index contributed by atoms with van der Waals surface area (Å²) in [6, 6.07) is 1.92. The molecule has 0 bridgehead atoms. The molecule has 0 saturated carbocycles. The molecule has 0 amide bonds. The van der Waals surface area contributed by atoms with Gasteiger partial charge in [-0.05, 0) is 56.7 Å². The second-order valence-corrected chi connectivity index (χ2v) is 5.39. The van der Waals surface area contributed by atoms with E-state index in [2.05, 4.69) is 4.98 Å². The van der Waals surface area contributed by atoms with Crippen molar-refractivity contribution in [2.24, 2.45) is 0 Å². The van der Waals surface area contributed by atoms with Crippen LogP contribution >= 0.6 is 0 Å². The molecular formula is C16H18NO4-. The molecule has 1 aromatic heterocycles. The summed E-state index contributed by atoms with van der Waals surface area (Å²) < 4.78 is 11.1. The summed E-state index contributed by atoms with van der Waals surface area (Å²) >= 11 is 0. The maximum Gasteiger partial charge on any atom is 0.243 e. The lowest BCUT2D eigenvalue weighted by molar-refractivity contribution is -0.257. The third kappa shape index (κ3) is 2.42. The van der Waals surface area contributed by atoms with Gasteiger partial charge in [-0.3, -0.25) is 0 Å². The van der Waals surface area contributed by atoms with Crippen LogP contribution in [0.1, 0.15) is 60.2 Å². The van der Waals surface area contributed by atoms with E-state index in [1.165, 1.54) is 11.1 Å². The van der Waals surface area contributed by atoms with Gasteiger partial charge < -0.3 is 19.1 Å². The number of aromatic carboxylic acids is 1. The van der Waals surface area contributed by atoms with Crippen LogP contribution in [-0.2, 0) is 17.6 Å². The maximum atomic E-state index is 11.0. The van der Waals surface area contributed by atoms with Crippen molar-refractivity contribution >= 4 is 17.1 Å². The Kier molecular flexibility index (Phi) is 3.68. The summed E-state index contributed by atoms with van der Waals surface area (Å²) in [5, 5.41) is 11.0. The van der Waals surface area contributed by atoms with Gasteiger partial charge in [0.1, 0.15) is 11.5 Å². The molecule has 0 radical (unpaired) electrons. The highest BCUT2D eigenvalue weighted by Crippen LogP contribution is 2.36. The number of fused-ring (bicyclic) bond motifs is 2. The zero-order valence-corrected chi connectivity index (χ0v) is 12.3. The summed E-state index contributed by atoms with van der Waals surface area (Å²) in [5.74, 6) is -1.75. The Morgan fingerprint density at radius 1 is 1.48 bits per heavy atom. The van der Waals surface area contributed by atoms with Crippen molar-refractivity contribution in [3.05, 3.63) is 28.6 Å². The fourth-order valence-corrected chi connectivity index (χ4v) is 3.18. The topological polar surface area (TPSA) is 75.4 Å². The van der Waals surface area contributed by atoms with E-state index in [4.69, 9.17) is 9.15 Å². The number of carbonyl (C=O) groups excluding carboxylic acids is 1. The number of carboxylic acids is 1. The molecule has 5 heteroatoms. The van der Waals surface area contributed by atoms with Crippen molar-refractivity contribution in [1.82, 2.24) is 4.98 Å². The minimum atomic E-state index is -1.39. The number of carbonyl (C=O) groups is 1. The minimum absolute atomic E-state index is 0.134. The maximum absolute atomic E-state index is 11.0. The highest BCUT2D eigenvalue weighted by molar-refractivity contribution is 5.87. The largest absolute Gasteiger partial charge is 0.540 e. The van der Waals surface area contributed by atoms with Gasteiger partial charge in [0.2, 0.25) is 5.89 Å². The number of nitrogens with zero attached hydrogens (tertiary/aromatic N) is 1. The van der Waals surface area contributed by atoms with Gasteiger partial charge in [0.15, 0.2) is 5.58 Å². The first-order valence-corrected chi connectivity index (χ1v) is 7.40. The van der Waals surface area contributed by atoms with E-state index in [9.17, 15) is 9.90 Å². The van der Waals surface area contributed by atoms with Gasteiger partial charge >= 0.3 is 0 Å². The molecule has 2 aromatic rings. The number of benzene rings is 1. The fourth-order valence-electron chi connectivity index (χ4n) is 3.18. The molecule has 1 aliphatic rings. The van der Waals surface area contributed by atoms with Crippen molar-refractivity contribution in [3.63, 3.8) is 0 Å². The van der Waals surface area contributed by atoms with Crippen LogP contribution in [0, 0.1) is 0 Å². The molecule has 0 fully saturated rings. The second-order valence-electron chi connectivity index (χ2n) is 5.39. The van der Waals surface area contributed by atoms with Crippen molar-refractivity contribution in [2.45, 2.75) is 45.6 Å².